The molecule has 5 rings (SSSR count). The molecule has 0 aliphatic carbocycles. The Morgan fingerprint density at radius 2 is 0.673 bits per heavy atom. The maximum Gasteiger partial charge on any atom is 0.191 e. The largest absolute Gasteiger partial charge is 0.497 e. The highest BCUT2D eigenvalue weighted by molar-refractivity contribution is 6.25. The van der Waals surface area contributed by atoms with Gasteiger partial charge in [0.15, 0.2) is 34.2 Å². The molecule has 0 spiro atoms. The molecular weight excluding hydrogens is 652 g/mol. The van der Waals surface area contributed by atoms with Crippen molar-refractivity contribution in [3.63, 3.8) is 0 Å². The maximum absolute atomic E-state index is 14.8. The van der Waals surface area contributed by atoms with Crippen LogP contribution >= 0.6 is 0 Å². The van der Waals surface area contributed by atoms with Crippen LogP contribution < -0.4 is 9.47 Å². The van der Waals surface area contributed by atoms with Crippen molar-refractivity contribution in [1.29, 1.82) is 0 Å². The lowest BCUT2D eigenvalue weighted by Crippen LogP contribution is -2.59. The number of likely N-dealkylation sites (N-methyl/N-ethyl adjacent to an activating group) is 2. The molecule has 0 saturated heterocycles. The molecule has 0 saturated carbocycles. The lowest BCUT2D eigenvalue weighted by molar-refractivity contribution is 0.0548. The fourth-order valence-electron chi connectivity index (χ4n) is 6.65. The molecule has 2 atom stereocenters. The van der Waals surface area contributed by atoms with Gasteiger partial charge >= 0.3 is 0 Å². The number of carbonyl (C=O) groups excluding carboxylic acids is 4. The molecule has 8 nitrogen and oxygen atoms in total. The molecule has 0 fully saturated rings. The summed E-state index contributed by atoms with van der Waals surface area (Å²) in [6.07, 6.45) is 0.227. The van der Waals surface area contributed by atoms with Crippen LogP contribution in [0, 0.1) is 0 Å². The molecule has 0 aromatic heterocycles. The van der Waals surface area contributed by atoms with Crippen LogP contribution in [0.5, 0.6) is 11.5 Å². The van der Waals surface area contributed by atoms with E-state index < -0.39 is 22.6 Å². The van der Waals surface area contributed by atoms with Crippen molar-refractivity contribution in [2.45, 2.75) is 23.9 Å². The van der Waals surface area contributed by atoms with Crippen LogP contribution in [0.15, 0.2) is 133 Å². The van der Waals surface area contributed by atoms with Crippen molar-refractivity contribution < 1.29 is 28.7 Å². The second-order valence-electron chi connectivity index (χ2n) is 13.2. The predicted octanol–water partition coefficient (Wildman–Crippen LogP) is 6.92. The van der Waals surface area contributed by atoms with Crippen LogP contribution in [0.25, 0.3) is 0 Å². The normalized spacial score (nSPS) is 13.5. The smallest absolute Gasteiger partial charge is 0.191 e. The Morgan fingerprint density at radius 1 is 0.423 bits per heavy atom. The number of carbonyl (C=O) groups is 4. The molecule has 0 aliphatic heterocycles. The van der Waals surface area contributed by atoms with Gasteiger partial charge in [-0.05, 0) is 87.8 Å². The lowest BCUT2D eigenvalue weighted by Gasteiger charge is -2.38. The summed E-state index contributed by atoms with van der Waals surface area (Å²) in [6.45, 7) is 0. The topological polar surface area (TPSA) is 93.2 Å². The lowest BCUT2D eigenvalue weighted by atomic mass is 9.75. The first-order chi connectivity index (χ1) is 25.0. The van der Waals surface area contributed by atoms with Crippen LogP contribution in [0.4, 0.5) is 0 Å². The van der Waals surface area contributed by atoms with E-state index in [-0.39, 0.29) is 35.5 Å². The Balaban J connectivity index is 1.58. The average Bonchev–Trinajstić information content (AvgIpc) is 3.18. The first-order valence-electron chi connectivity index (χ1n) is 17.0. The summed E-state index contributed by atoms with van der Waals surface area (Å²) in [5.74, 6) is -0.388. The number of hydrogen-bond donors (Lipinski definition) is 0. The minimum absolute atomic E-state index is 0.113. The van der Waals surface area contributed by atoms with Gasteiger partial charge in [0.2, 0.25) is 0 Å². The number of nitrogens with zero attached hydrogens (tertiary/aromatic N) is 2. The molecular formula is C44H44N2O6. The standard InChI is InChI=1S/C44H44N2O6/c1-45(2)43(29-31-13-9-7-10-14-31,41(49)35-21-25-37(51-5)26-22-35)39(47)33-17-19-34(20-18-33)40(48)44(46(3)4,30-32-15-11-8-12-16-32)42(50)36-23-27-38(52-6)28-24-36/h7-28H,29-30H2,1-6H3. The minimum atomic E-state index is -1.62. The fourth-order valence-corrected chi connectivity index (χ4v) is 6.65. The van der Waals surface area contributed by atoms with Gasteiger partial charge in [-0.1, -0.05) is 84.9 Å². The van der Waals surface area contributed by atoms with Gasteiger partial charge in [0, 0.05) is 35.1 Å². The maximum atomic E-state index is 14.8. The first-order valence-corrected chi connectivity index (χ1v) is 17.0. The zero-order valence-electron chi connectivity index (χ0n) is 30.5. The van der Waals surface area contributed by atoms with E-state index in [2.05, 4.69) is 0 Å². The van der Waals surface area contributed by atoms with Gasteiger partial charge in [-0.2, -0.15) is 0 Å². The molecule has 52 heavy (non-hydrogen) atoms. The van der Waals surface area contributed by atoms with Crippen molar-refractivity contribution in [2.24, 2.45) is 0 Å². The Labute approximate surface area is 305 Å². The molecule has 0 aliphatic rings. The summed E-state index contributed by atoms with van der Waals surface area (Å²) >= 11 is 0. The zero-order chi connectivity index (χ0) is 37.5. The van der Waals surface area contributed by atoms with Gasteiger partial charge in [-0.25, -0.2) is 0 Å². The Kier molecular flexibility index (Phi) is 11.6. The SMILES string of the molecule is COc1ccc(C(=O)C(Cc2ccccc2)(C(=O)c2ccc(C(=O)C(Cc3ccccc3)(C(=O)c3ccc(OC)cc3)N(C)C)cc2)N(C)C)cc1. The Bertz CT molecular complexity index is 1860. The van der Waals surface area contributed by atoms with Crippen molar-refractivity contribution in [2.75, 3.05) is 42.4 Å². The van der Waals surface area contributed by atoms with E-state index in [0.717, 1.165) is 11.1 Å². The van der Waals surface area contributed by atoms with E-state index >= 15 is 0 Å². The molecule has 0 bridgehead atoms. The minimum Gasteiger partial charge on any atom is -0.497 e. The molecule has 5 aromatic rings. The molecule has 5 aromatic carbocycles. The summed E-state index contributed by atoms with van der Waals surface area (Å²) in [6, 6.07) is 38.5. The van der Waals surface area contributed by atoms with Gasteiger partial charge in [-0.15, -0.1) is 0 Å². The van der Waals surface area contributed by atoms with Crippen molar-refractivity contribution in [3.8, 4) is 11.5 Å². The van der Waals surface area contributed by atoms with E-state index in [1.807, 2.05) is 60.7 Å². The fraction of sp³-hybridized carbons (Fsp3) is 0.227. The van der Waals surface area contributed by atoms with Gasteiger partial charge in [0.1, 0.15) is 11.5 Å². The highest BCUT2D eigenvalue weighted by atomic mass is 16.5. The molecule has 0 radical (unpaired) electrons. The van der Waals surface area contributed by atoms with E-state index in [1.165, 1.54) is 0 Å². The number of ether oxygens (including phenoxy) is 2. The number of rotatable bonds is 16. The van der Waals surface area contributed by atoms with E-state index in [1.54, 1.807) is 125 Å². The summed E-state index contributed by atoms with van der Waals surface area (Å²) in [4.78, 5) is 61.9. The third-order valence-electron chi connectivity index (χ3n) is 9.75. The highest BCUT2D eigenvalue weighted by Crippen LogP contribution is 2.32. The molecule has 0 amide bonds. The molecule has 2 unspecified atom stereocenters. The van der Waals surface area contributed by atoms with E-state index in [0.29, 0.717) is 22.6 Å². The van der Waals surface area contributed by atoms with Gasteiger partial charge in [0.05, 0.1) is 14.2 Å². The third kappa shape index (κ3) is 7.35. The monoisotopic (exact) mass is 696 g/mol. The molecule has 266 valence electrons. The van der Waals surface area contributed by atoms with E-state index in [9.17, 15) is 19.2 Å². The number of methoxy groups -OCH3 is 2. The zero-order valence-corrected chi connectivity index (χ0v) is 30.5. The summed E-state index contributed by atoms with van der Waals surface area (Å²) < 4.78 is 10.6. The number of benzene rings is 5. The van der Waals surface area contributed by atoms with Gasteiger partial charge in [0.25, 0.3) is 0 Å². The van der Waals surface area contributed by atoms with Crippen LogP contribution in [0.2, 0.25) is 0 Å². The van der Waals surface area contributed by atoms with Crippen LogP contribution in [-0.2, 0) is 12.8 Å². The first kappa shape index (κ1) is 37.6. The van der Waals surface area contributed by atoms with Crippen molar-refractivity contribution >= 4 is 23.1 Å². The number of hydrogen-bond acceptors (Lipinski definition) is 8. The highest BCUT2D eigenvalue weighted by Gasteiger charge is 2.50. The number of Topliss-reactive ketones (excluding diaryl/α,β-unsaturated/α-hetero) is 4. The van der Waals surface area contributed by atoms with Crippen molar-refractivity contribution in [1.82, 2.24) is 9.80 Å². The summed E-state index contributed by atoms with van der Waals surface area (Å²) in [7, 11) is 9.99. The third-order valence-corrected chi connectivity index (χ3v) is 9.75. The predicted molar refractivity (Wildman–Crippen MR) is 203 cm³/mol. The second-order valence-corrected chi connectivity index (χ2v) is 13.2. The second kappa shape index (κ2) is 16.1. The summed E-state index contributed by atoms with van der Waals surface area (Å²) in [5, 5.41) is 0. The molecule has 8 heteroatoms. The van der Waals surface area contributed by atoms with E-state index in [4.69, 9.17) is 9.47 Å². The number of ketones is 4. The van der Waals surface area contributed by atoms with Crippen LogP contribution in [-0.4, -0.2) is 86.4 Å². The molecule has 0 N–H and O–H groups in total. The molecule has 0 heterocycles. The van der Waals surface area contributed by atoms with Crippen LogP contribution in [0.3, 0.4) is 0 Å². The Morgan fingerprint density at radius 3 is 0.904 bits per heavy atom. The quantitative estimate of drug-likeness (QED) is 0.0811. The van der Waals surface area contributed by atoms with Crippen LogP contribution in [0.1, 0.15) is 52.6 Å². The summed E-state index contributed by atoms with van der Waals surface area (Å²) in [5.41, 5.74) is -0.387. The van der Waals surface area contributed by atoms with Gasteiger partial charge < -0.3 is 9.47 Å². The Hall–Kier alpha value is -5.70. The average molecular weight is 697 g/mol. The van der Waals surface area contributed by atoms with Gasteiger partial charge in [-0.3, -0.25) is 29.0 Å². The van der Waals surface area contributed by atoms with Crippen molar-refractivity contribution in [3.05, 3.63) is 167 Å².